The predicted molar refractivity (Wildman–Crippen MR) is 182 cm³/mol. The molecule has 2 aliphatic carbocycles. The van der Waals surface area contributed by atoms with Crippen molar-refractivity contribution in [1.82, 2.24) is 20.2 Å². The van der Waals surface area contributed by atoms with Gasteiger partial charge in [0.15, 0.2) is 5.82 Å². The average molecular weight is 656 g/mol. The first-order valence-corrected chi connectivity index (χ1v) is 17.7. The fraction of sp³-hybridized carbons (Fsp3) is 0.526. The minimum Gasteiger partial charge on any atom is -0.508 e. The largest absolute Gasteiger partial charge is 0.508 e. The van der Waals surface area contributed by atoms with E-state index >= 15 is 8.78 Å². The van der Waals surface area contributed by atoms with Crippen molar-refractivity contribution in [3.63, 3.8) is 0 Å². The summed E-state index contributed by atoms with van der Waals surface area (Å²) in [7, 11) is 0. The first-order valence-electron chi connectivity index (χ1n) is 17.7. The fourth-order valence-electron chi connectivity index (χ4n) is 8.68. The maximum absolute atomic E-state index is 17.2. The van der Waals surface area contributed by atoms with Gasteiger partial charge in [0.2, 0.25) is 0 Å². The summed E-state index contributed by atoms with van der Waals surface area (Å²) >= 11 is 0. The van der Waals surface area contributed by atoms with Gasteiger partial charge in [-0.15, -0.1) is 0 Å². The van der Waals surface area contributed by atoms with E-state index in [1.165, 1.54) is 6.07 Å². The zero-order chi connectivity index (χ0) is 32.8. The Morgan fingerprint density at radius 3 is 2.58 bits per heavy atom. The van der Waals surface area contributed by atoms with Crippen molar-refractivity contribution in [3.05, 3.63) is 53.1 Å². The SMILES string of the molecule is CCc1c(F)ccc2cc(O)cc(-c3c(C)cc4c(N5CC6CCC(C5)N6)nc(OCC5(CN6CCOC7(CC7)C6)CC5)nc4c3F)c12. The van der Waals surface area contributed by atoms with E-state index < -0.39 is 5.82 Å². The Balaban J connectivity index is 1.13. The van der Waals surface area contributed by atoms with Crippen molar-refractivity contribution in [3.8, 4) is 22.9 Å². The maximum atomic E-state index is 17.2. The van der Waals surface area contributed by atoms with Gasteiger partial charge in [0.25, 0.3) is 0 Å². The molecule has 3 aromatic carbocycles. The number of phenolic OH excluding ortho intramolecular Hbond substituents is 1. The summed E-state index contributed by atoms with van der Waals surface area (Å²) in [6.45, 7) is 9.45. The Morgan fingerprint density at radius 1 is 1.06 bits per heavy atom. The topological polar surface area (TPSA) is 83.0 Å². The van der Waals surface area contributed by atoms with Crippen LogP contribution in [0, 0.1) is 24.0 Å². The summed E-state index contributed by atoms with van der Waals surface area (Å²) in [4.78, 5) is 14.5. The second-order valence-corrected chi connectivity index (χ2v) is 15.2. The molecule has 5 aliphatic rings. The quantitative estimate of drug-likeness (QED) is 0.230. The highest BCUT2D eigenvalue weighted by molar-refractivity contribution is 6.04. The molecule has 9 rings (SSSR count). The number of halogens is 2. The minimum absolute atomic E-state index is 0.00338. The zero-order valence-electron chi connectivity index (χ0n) is 27.7. The summed E-state index contributed by atoms with van der Waals surface area (Å²) in [5.74, 6) is -0.171. The van der Waals surface area contributed by atoms with Crippen LogP contribution in [-0.4, -0.2) is 83.6 Å². The van der Waals surface area contributed by atoms with Crippen LogP contribution >= 0.6 is 0 Å². The molecule has 5 fully saturated rings. The lowest BCUT2D eigenvalue weighted by Gasteiger charge is -2.35. The number of anilines is 1. The van der Waals surface area contributed by atoms with E-state index in [0.717, 1.165) is 77.9 Å². The van der Waals surface area contributed by atoms with E-state index in [1.54, 1.807) is 18.2 Å². The molecule has 2 saturated carbocycles. The lowest BCUT2D eigenvalue weighted by Crippen LogP contribution is -2.51. The van der Waals surface area contributed by atoms with Crippen LogP contribution in [0.5, 0.6) is 11.8 Å². The summed E-state index contributed by atoms with van der Waals surface area (Å²) in [5, 5.41) is 16.3. The number of rotatable bonds is 8. The van der Waals surface area contributed by atoms with E-state index in [9.17, 15) is 5.11 Å². The molecule has 4 aromatic rings. The number of aromatic nitrogens is 2. The molecule has 48 heavy (non-hydrogen) atoms. The number of benzene rings is 3. The number of phenols is 1. The van der Waals surface area contributed by atoms with Crippen molar-refractivity contribution in [1.29, 1.82) is 0 Å². The van der Waals surface area contributed by atoms with E-state index in [0.29, 0.717) is 69.3 Å². The van der Waals surface area contributed by atoms with E-state index in [4.69, 9.17) is 19.4 Å². The Kier molecular flexibility index (Phi) is 7.12. The molecule has 2 N–H and O–H groups in total. The smallest absolute Gasteiger partial charge is 0.319 e. The van der Waals surface area contributed by atoms with Crippen molar-refractivity contribution < 1.29 is 23.4 Å². The van der Waals surface area contributed by atoms with Crippen LogP contribution in [0.3, 0.4) is 0 Å². The number of hydrogen-bond donors (Lipinski definition) is 2. The highest BCUT2D eigenvalue weighted by atomic mass is 19.1. The number of piperazine rings is 1. The van der Waals surface area contributed by atoms with Gasteiger partial charge < -0.3 is 24.8 Å². The maximum Gasteiger partial charge on any atom is 0.319 e. The van der Waals surface area contributed by atoms with Gasteiger partial charge >= 0.3 is 6.01 Å². The van der Waals surface area contributed by atoms with Crippen molar-refractivity contribution in [2.45, 2.75) is 76.5 Å². The zero-order valence-corrected chi connectivity index (χ0v) is 27.7. The second-order valence-electron chi connectivity index (χ2n) is 15.2. The van der Waals surface area contributed by atoms with Gasteiger partial charge in [-0.1, -0.05) is 13.0 Å². The molecule has 1 aromatic heterocycles. The highest BCUT2D eigenvalue weighted by Gasteiger charge is 2.51. The molecule has 2 bridgehead atoms. The Hall–Kier alpha value is -3.60. The van der Waals surface area contributed by atoms with Gasteiger partial charge in [-0.25, -0.2) is 8.78 Å². The normalized spacial score (nSPS) is 24.1. The molecule has 2 unspecified atom stereocenters. The lowest BCUT2D eigenvalue weighted by molar-refractivity contribution is -0.0532. The molecule has 1 spiro atoms. The van der Waals surface area contributed by atoms with Crippen molar-refractivity contribution in [2.24, 2.45) is 5.41 Å². The number of fused-ring (bicyclic) bond motifs is 4. The molecule has 8 nitrogen and oxygen atoms in total. The number of aromatic hydroxyl groups is 1. The Bertz CT molecular complexity index is 1930. The van der Waals surface area contributed by atoms with Crippen LogP contribution in [0.25, 0.3) is 32.8 Å². The molecule has 2 atom stereocenters. The minimum atomic E-state index is -0.515. The van der Waals surface area contributed by atoms with Gasteiger partial charge in [-0.3, -0.25) is 4.90 Å². The van der Waals surface area contributed by atoms with Crippen LogP contribution in [0.2, 0.25) is 0 Å². The highest BCUT2D eigenvalue weighted by Crippen LogP contribution is 2.49. The summed E-state index contributed by atoms with van der Waals surface area (Å²) < 4.78 is 44.8. The molecular formula is C38H43F2N5O3. The van der Waals surface area contributed by atoms with Gasteiger partial charge in [-0.05, 0) is 104 Å². The van der Waals surface area contributed by atoms with Crippen LogP contribution in [0.4, 0.5) is 14.6 Å². The Labute approximate surface area is 279 Å². The van der Waals surface area contributed by atoms with Crippen molar-refractivity contribution >= 4 is 27.5 Å². The number of ether oxygens (including phenoxy) is 2. The third-order valence-electron chi connectivity index (χ3n) is 11.5. The van der Waals surface area contributed by atoms with E-state index in [2.05, 4.69) is 15.1 Å². The third kappa shape index (κ3) is 5.27. The number of morpholine rings is 1. The summed E-state index contributed by atoms with van der Waals surface area (Å²) in [5.41, 5.74) is 2.22. The molecule has 3 aliphatic heterocycles. The molecule has 4 heterocycles. The average Bonchev–Trinajstić information content (AvgIpc) is 3.99. The predicted octanol–water partition coefficient (Wildman–Crippen LogP) is 6.27. The summed E-state index contributed by atoms with van der Waals surface area (Å²) in [6.07, 6.45) is 7.10. The van der Waals surface area contributed by atoms with Gasteiger partial charge in [-0.2, -0.15) is 9.97 Å². The van der Waals surface area contributed by atoms with E-state index in [1.807, 2.05) is 19.9 Å². The third-order valence-corrected chi connectivity index (χ3v) is 11.5. The Morgan fingerprint density at radius 2 is 1.85 bits per heavy atom. The molecule has 3 saturated heterocycles. The lowest BCUT2D eigenvalue weighted by atomic mass is 9.89. The van der Waals surface area contributed by atoms with Crippen LogP contribution in [0.15, 0.2) is 30.3 Å². The van der Waals surface area contributed by atoms with Gasteiger partial charge in [0.1, 0.15) is 22.9 Å². The summed E-state index contributed by atoms with van der Waals surface area (Å²) in [6, 6.07) is 9.06. The first kappa shape index (κ1) is 30.5. The second kappa shape index (κ2) is 11.2. The molecular weight excluding hydrogens is 612 g/mol. The monoisotopic (exact) mass is 655 g/mol. The number of nitrogens with zero attached hydrogens (tertiary/aromatic N) is 4. The molecule has 10 heteroatoms. The standard InChI is InChI=1S/C38H43F2N5O3/c1-3-27-30(39)7-4-23-15-26(46)16-28(32(23)27)31-22(2)14-29-34(33(31)40)42-36(43-35(29)45-17-24-5-6-25(18-45)41-24)47-21-37(8-9-37)19-44-12-13-48-38(20-44)10-11-38/h4,7,14-16,24-25,41,46H,3,5-6,8-13,17-21H2,1-2H3. The molecule has 252 valence electrons. The van der Waals surface area contributed by atoms with Gasteiger partial charge in [0, 0.05) is 61.2 Å². The van der Waals surface area contributed by atoms with E-state index in [-0.39, 0.29) is 34.1 Å². The first-order chi connectivity index (χ1) is 23.2. The number of aryl methyl sites for hydroxylation is 2. The van der Waals surface area contributed by atoms with Gasteiger partial charge in [0.05, 0.1) is 18.8 Å². The van der Waals surface area contributed by atoms with Crippen LogP contribution in [0.1, 0.15) is 56.6 Å². The van der Waals surface area contributed by atoms with Crippen LogP contribution in [-0.2, 0) is 11.2 Å². The van der Waals surface area contributed by atoms with Crippen LogP contribution < -0.4 is 15.0 Å². The van der Waals surface area contributed by atoms with Crippen molar-refractivity contribution in [2.75, 3.05) is 50.8 Å². The molecule has 0 amide bonds. The number of nitrogens with one attached hydrogen (secondary N) is 1. The fourth-order valence-corrected chi connectivity index (χ4v) is 8.68. The number of hydrogen-bond acceptors (Lipinski definition) is 8. The molecule has 0 radical (unpaired) electrons.